The predicted molar refractivity (Wildman–Crippen MR) is 67.5 cm³/mol. The van der Waals surface area contributed by atoms with Gasteiger partial charge in [0.05, 0.1) is 6.04 Å². The molecule has 0 spiro atoms. The third-order valence-corrected chi connectivity index (χ3v) is 3.65. The lowest BCUT2D eigenvalue weighted by Crippen LogP contribution is -2.05. The predicted octanol–water partition coefficient (Wildman–Crippen LogP) is 4.23. The number of hydrogen-bond acceptors (Lipinski definition) is 2. The van der Waals surface area contributed by atoms with Crippen LogP contribution in [-0.4, -0.2) is 0 Å². The van der Waals surface area contributed by atoms with Crippen LogP contribution in [-0.2, 0) is 0 Å². The fourth-order valence-corrected chi connectivity index (χ4v) is 2.61. The molecule has 0 aliphatic carbocycles. The summed E-state index contributed by atoms with van der Waals surface area (Å²) in [5, 5.41) is 5.64. The summed E-state index contributed by atoms with van der Waals surface area (Å²) < 4.78 is 0. The van der Waals surface area contributed by atoms with E-state index in [2.05, 4.69) is 54.9 Å². The van der Waals surface area contributed by atoms with Crippen LogP contribution >= 0.6 is 11.3 Å². The maximum absolute atomic E-state index is 3.50. The average molecular weight is 217 g/mol. The molecule has 1 N–H and O–H groups in total. The Morgan fingerprint density at radius 3 is 2.47 bits per heavy atom. The van der Waals surface area contributed by atoms with Gasteiger partial charge in [-0.25, -0.2) is 0 Å². The van der Waals surface area contributed by atoms with Crippen molar-refractivity contribution >= 4 is 17.0 Å². The van der Waals surface area contributed by atoms with E-state index in [-0.39, 0.29) is 0 Å². The molecule has 0 saturated carbocycles. The molecular weight excluding hydrogens is 202 g/mol. The molecule has 2 aromatic rings. The van der Waals surface area contributed by atoms with E-state index in [9.17, 15) is 0 Å². The molecular formula is C13H15NS. The minimum absolute atomic E-state index is 0.382. The first-order chi connectivity index (χ1) is 7.27. The fraction of sp³-hybridized carbons (Fsp3) is 0.231. The van der Waals surface area contributed by atoms with Crippen LogP contribution < -0.4 is 5.32 Å². The highest BCUT2D eigenvalue weighted by molar-refractivity contribution is 7.10. The number of rotatable bonds is 3. The highest BCUT2D eigenvalue weighted by Crippen LogP contribution is 2.26. The third kappa shape index (κ3) is 2.39. The molecule has 1 heterocycles. The lowest BCUT2D eigenvalue weighted by Gasteiger charge is -2.14. The Hall–Kier alpha value is -1.28. The summed E-state index contributed by atoms with van der Waals surface area (Å²) in [6.07, 6.45) is 0. The van der Waals surface area contributed by atoms with Crippen molar-refractivity contribution in [3.05, 3.63) is 52.2 Å². The van der Waals surface area contributed by atoms with Crippen LogP contribution in [0.1, 0.15) is 23.4 Å². The molecule has 1 nitrogen and oxygen atoms in total. The van der Waals surface area contributed by atoms with Gasteiger partial charge in [-0.1, -0.05) is 18.2 Å². The van der Waals surface area contributed by atoms with Crippen LogP contribution in [0, 0.1) is 6.92 Å². The van der Waals surface area contributed by atoms with Crippen molar-refractivity contribution in [3.63, 3.8) is 0 Å². The first kappa shape index (κ1) is 10.2. The maximum Gasteiger partial charge on any atom is 0.0581 e. The summed E-state index contributed by atoms with van der Waals surface area (Å²) in [6, 6.07) is 12.9. The molecule has 0 unspecified atom stereocenters. The van der Waals surface area contributed by atoms with E-state index in [1.165, 1.54) is 16.1 Å². The smallest absolute Gasteiger partial charge is 0.0581 e. The largest absolute Gasteiger partial charge is 0.378 e. The van der Waals surface area contributed by atoms with Crippen molar-refractivity contribution in [2.75, 3.05) is 5.32 Å². The second kappa shape index (κ2) is 4.49. The van der Waals surface area contributed by atoms with Gasteiger partial charge >= 0.3 is 0 Å². The van der Waals surface area contributed by atoms with Crippen LogP contribution in [0.25, 0.3) is 0 Å². The molecule has 1 aromatic carbocycles. The highest BCUT2D eigenvalue weighted by Gasteiger charge is 2.08. The molecule has 2 heteroatoms. The van der Waals surface area contributed by atoms with Crippen molar-refractivity contribution in [3.8, 4) is 0 Å². The zero-order chi connectivity index (χ0) is 10.7. The minimum Gasteiger partial charge on any atom is -0.378 e. The van der Waals surface area contributed by atoms with Crippen LogP contribution in [0.2, 0.25) is 0 Å². The van der Waals surface area contributed by atoms with Crippen LogP contribution in [0.15, 0.2) is 41.8 Å². The highest BCUT2D eigenvalue weighted by atomic mass is 32.1. The van der Waals surface area contributed by atoms with Crippen LogP contribution in [0.5, 0.6) is 0 Å². The van der Waals surface area contributed by atoms with E-state index >= 15 is 0 Å². The lowest BCUT2D eigenvalue weighted by atomic mass is 10.2. The van der Waals surface area contributed by atoms with Crippen molar-refractivity contribution in [1.29, 1.82) is 0 Å². The average Bonchev–Trinajstić information content (AvgIpc) is 2.66. The summed E-state index contributed by atoms with van der Waals surface area (Å²) in [6.45, 7) is 4.36. The van der Waals surface area contributed by atoms with Gasteiger partial charge in [0.25, 0.3) is 0 Å². The van der Waals surface area contributed by atoms with E-state index < -0.39 is 0 Å². The summed E-state index contributed by atoms with van der Waals surface area (Å²) in [4.78, 5) is 1.42. The van der Waals surface area contributed by atoms with Crippen molar-refractivity contribution in [2.24, 2.45) is 0 Å². The SMILES string of the molecule is Cc1ccsc1[C@H](C)Nc1ccccc1. The van der Waals surface area contributed by atoms with Crippen LogP contribution in [0.4, 0.5) is 5.69 Å². The van der Waals surface area contributed by atoms with Gasteiger partial charge in [-0.15, -0.1) is 11.3 Å². The number of para-hydroxylation sites is 1. The Kier molecular flexibility index (Phi) is 3.07. The summed E-state index contributed by atoms with van der Waals surface area (Å²) in [5.41, 5.74) is 2.55. The van der Waals surface area contributed by atoms with Crippen LogP contribution in [0.3, 0.4) is 0 Å². The topological polar surface area (TPSA) is 12.0 Å². The maximum atomic E-state index is 3.50. The zero-order valence-electron chi connectivity index (χ0n) is 9.03. The molecule has 0 aliphatic heterocycles. The second-order valence-corrected chi connectivity index (χ2v) is 4.65. The summed E-state index contributed by atoms with van der Waals surface area (Å²) >= 11 is 1.81. The molecule has 1 atom stereocenters. The molecule has 0 amide bonds. The minimum atomic E-state index is 0.382. The summed E-state index contributed by atoms with van der Waals surface area (Å²) in [7, 11) is 0. The molecule has 0 fully saturated rings. The Morgan fingerprint density at radius 1 is 1.13 bits per heavy atom. The number of anilines is 1. The van der Waals surface area contributed by atoms with Gasteiger partial charge in [0, 0.05) is 10.6 Å². The fourth-order valence-electron chi connectivity index (χ4n) is 1.68. The van der Waals surface area contributed by atoms with E-state index in [1.54, 1.807) is 0 Å². The summed E-state index contributed by atoms with van der Waals surface area (Å²) in [5.74, 6) is 0. The van der Waals surface area contributed by atoms with E-state index in [4.69, 9.17) is 0 Å². The number of aryl methyl sites for hydroxylation is 1. The third-order valence-electron chi connectivity index (χ3n) is 2.45. The second-order valence-electron chi connectivity index (χ2n) is 3.70. The van der Waals surface area contributed by atoms with Gasteiger partial charge in [0.1, 0.15) is 0 Å². The zero-order valence-corrected chi connectivity index (χ0v) is 9.84. The Bertz CT molecular complexity index is 419. The Morgan fingerprint density at radius 2 is 1.87 bits per heavy atom. The van der Waals surface area contributed by atoms with Gasteiger partial charge in [-0.05, 0) is 43.0 Å². The van der Waals surface area contributed by atoms with E-state index in [0.717, 1.165) is 0 Å². The number of hydrogen-bond donors (Lipinski definition) is 1. The molecule has 0 bridgehead atoms. The molecule has 0 aliphatic rings. The van der Waals surface area contributed by atoms with Gasteiger partial charge in [-0.3, -0.25) is 0 Å². The first-order valence-electron chi connectivity index (χ1n) is 5.13. The molecule has 0 saturated heterocycles. The molecule has 0 radical (unpaired) electrons. The van der Waals surface area contributed by atoms with Gasteiger partial charge in [0.15, 0.2) is 0 Å². The van der Waals surface area contributed by atoms with Crippen molar-refractivity contribution in [1.82, 2.24) is 0 Å². The number of thiophene rings is 1. The van der Waals surface area contributed by atoms with Crippen molar-refractivity contribution < 1.29 is 0 Å². The monoisotopic (exact) mass is 217 g/mol. The Balaban J connectivity index is 2.11. The Labute approximate surface area is 94.8 Å². The number of nitrogens with one attached hydrogen (secondary N) is 1. The molecule has 15 heavy (non-hydrogen) atoms. The quantitative estimate of drug-likeness (QED) is 0.811. The standard InChI is InChI=1S/C13H15NS/c1-10-8-9-15-13(10)11(2)14-12-6-4-3-5-7-12/h3-9,11,14H,1-2H3/t11-/m0/s1. The molecule has 78 valence electrons. The van der Waals surface area contributed by atoms with Crippen molar-refractivity contribution in [2.45, 2.75) is 19.9 Å². The lowest BCUT2D eigenvalue weighted by molar-refractivity contribution is 0.899. The van der Waals surface area contributed by atoms with Gasteiger partial charge < -0.3 is 5.32 Å². The first-order valence-corrected chi connectivity index (χ1v) is 6.01. The molecule has 2 rings (SSSR count). The number of benzene rings is 1. The normalized spacial score (nSPS) is 12.4. The van der Waals surface area contributed by atoms with Gasteiger partial charge in [-0.2, -0.15) is 0 Å². The van der Waals surface area contributed by atoms with E-state index in [0.29, 0.717) is 6.04 Å². The van der Waals surface area contributed by atoms with E-state index in [1.807, 2.05) is 17.4 Å². The molecule has 1 aromatic heterocycles. The van der Waals surface area contributed by atoms with Gasteiger partial charge in [0.2, 0.25) is 0 Å².